The van der Waals surface area contributed by atoms with Crippen molar-refractivity contribution in [3.63, 3.8) is 0 Å². The number of benzene rings is 1. The lowest BCUT2D eigenvalue weighted by Crippen LogP contribution is -2.33. The van der Waals surface area contributed by atoms with Gasteiger partial charge in [-0.15, -0.1) is 11.8 Å². The highest BCUT2D eigenvalue weighted by molar-refractivity contribution is 7.99. The molecule has 1 unspecified atom stereocenters. The van der Waals surface area contributed by atoms with Gasteiger partial charge in [-0.2, -0.15) is 0 Å². The molecule has 1 saturated carbocycles. The Morgan fingerprint density at radius 1 is 1.29 bits per heavy atom. The van der Waals surface area contributed by atoms with E-state index in [1.165, 1.54) is 34.6 Å². The summed E-state index contributed by atoms with van der Waals surface area (Å²) < 4.78 is 0. The van der Waals surface area contributed by atoms with E-state index in [9.17, 15) is 0 Å². The molecule has 1 atom stereocenters. The molecule has 94 valence electrons. The molecular weight excluding hydrogens is 226 g/mol. The van der Waals surface area contributed by atoms with Gasteiger partial charge in [0.05, 0.1) is 0 Å². The zero-order valence-corrected chi connectivity index (χ0v) is 11.9. The van der Waals surface area contributed by atoms with Gasteiger partial charge in [-0.05, 0) is 62.4 Å². The largest absolute Gasteiger partial charge is 0.313 e. The molecule has 17 heavy (non-hydrogen) atoms. The minimum Gasteiger partial charge on any atom is -0.313 e. The Balaban J connectivity index is 1.89. The summed E-state index contributed by atoms with van der Waals surface area (Å²) in [6.45, 7) is 7.67. The third-order valence-corrected chi connectivity index (χ3v) is 4.68. The van der Waals surface area contributed by atoms with E-state index in [1.807, 2.05) is 11.8 Å². The zero-order valence-electron chi connectivity index (χ0n) is 11.1. The first-order valence-corrected chi connectivity index (χ1v) is 7.62. The second kappa shape index (κ2) is 5.92. The molecule has 1 aliphatic rings. The van der Waals surface area contributed by atoms with Crippen molar-refractivity contribution in [1.82, 2.24) is 5.32 Å². The van der Waals surface area contributed by atoms with Gasteiger partial charge >= 0.3 is 0 Å². The fraction of sp³-hybridized carbons (Fsp3) is 0.600. The summed E-state index contributed by atoms with van der Waals surface area (Å²) in [4.78, 5) is 1.41. The van der Waals surface area contributed by atoms with Crippen LogP contribution in [-0.4, -0.2) is 18.3 Å². The van der Waals surface area contributed by atoms with Crippen molar-refractivity contribution in [1.29, 1.82) is 0 Å². The Labute approximate surface area is 109 Å². The maximum atomic E-state index is 3.62. The number of aryl methyl sites for hydroxylation is 2. The van der Waals surface area contributed by atoms with Crippen LogP contribution in [0.1, 0.15) is 30.9 Å². The van der Waals surface area contributed by atoms with Crippen LogP contribution in [0.2, 0.25) is 0 Å². The minimum absolute atomic E-state index is 0.714. The molecule has 1 fully saturated rings. The first-order chi connectivity index (χ1) is 8.20. The smallest absolute Gasteiger partial charge is 0.0189 e. The van der Waals surface area contributed by atoms with Crippen molar-refractivity contribution in [2.24, 2.45) is 5.92 Å². The highest BCUT2D eigenvalue weighted by Gasteiger charge is 2.30. The maximum Gasteiger partial charge on any atom is 0.0189 e. The molecule has 2 rings (SSSR count). The molecule has 0 aromatic heterocycles. The average molecular weight is 249 g/mol. The lowest BCUT2D eigenvalue weighted by Gasteiger charge is -2.16. The highest BCUT2D eigenvalue weighted by atomic mass is 32.2. The van der Waals surface area contributed by atoms with Crippen LogP contribution in [0.4, 0.5) is 0 Å². The molecular formula is C15H23NS. The molecule has 0 heterocycles. The van der Waals surface area contributed by atoms with Crippen LogP contribution < -0.4 is 5.32 Å². The van der Waals surface area contributed by atoms with E-state index in [4.69, 9.17) is 0 Å². The topological polar surface area (TPSA) is 12.0 Å². The van der Waals surface area contributed by atoms with Crippen LogP contribution in [0.15, 0.2) is 23.1 Å². The van der Waals surface area contributed by atoms with Crippen molar-refractivity contribution in [2.75, 3.05) is 12.3 Å². The molecule has 0 amide bonds. The molecule has 1 nitrogen and oxygen atoms in total. The summed E-state index contributed by atoms with van der Waals surface area (Å²) in [7, 11) is 0. The number of rotatable bonds is 6. The molecule has 1 aromatic carbocycles. The van der Waals surface area contributed by atoms with Crippen LogP contribution >= 0.6 is 11.8 Å². The van der Waals surface area contributed by atoms with E-state index < -0.39 is 0 Å². The van der Waals surface area contributed by atoms with Gasteiger partial charge in [0.1, 0.15) is 0 Å². The summed E-state index contributed by atoms with van der Waals surface area (Å²) in [5, 5.41) is 3.62. The van der Waals surface area contributed by atoms with Crippen LogP contribution in [0.25, 0.3) is 0 Å². The summed E-state index contributed by atoms with van der Waals surface area (Å²) in [6, 6.07) is 7.52. The molecule has 0 aliphatic heterocycles. The van der Waals surface area contributed by atoms with Gasteiger partial charge in [0.2, 0.25) is 0 Å². The minimum atomic E-state index is 0.714. The third-order valence-electron chi connectivity index (χ3n) is 3.57. The molecule has 2 heteroatoms. The predicted molar refractivity (Wildman–Crippen MR) is 76.8 cm³/mol. The fourth-order valence-corrected chi connectivity index (χ4v) is 3.30. The Morgan fingerprint density at radius 2 is 2.06 bits per heavy atom. The van der Waals surface area contributed by atoms with Crippen molar-refractivity contribution in [3.8, 4) is 0 Å². The monoisotopic (exact) mass is 249 g/mol. The van der Waals surface area contributed by atoms with Gasteiger partial charge in [0.15, 0.2) is 0 Å². The van der Waals surface area contributed by atoms with Crippen molar-refractivity contribution >= 4 is 11.8 Å². The molecule has 0 radical (unpaired) electrons. The standard InChI is InChI=1S/C15H23NS/c1-4-16-15(13-6-7-13)10-17-14-8-5-11(2)12(3)9-14/h5,8-9,13,15-16H,4,6-7,10H2,1-3H3. The predicted octanol–water partition coefficient (Wildman–Crippen LogP) is 3.78. The molecule has 1 aliphatic carbocycles. The van der Waals surface area contributed by atoms with Gasteiger partial charge in [0.25, 0.3) is 0 Å². The van der Waals surface area contributed by atoms with E-state index in [0.29, 0.717) is 6.04 Å². The van der Waals surface area contributed by atoms with Crippen LogP contribution in [-0.2, 0) is 0 Å². The van der Waals surface area contributed by atoms with Crippen molar-refractivity contribution < 1.29 is 0 Å². The van der Waals surface area contributed by atoms with E-state index in [0.717, 1.165) is 12.5 Å². The van der Waals surface area contributed by atoms with Crippen LogP contribution in [0.5, 0.6) is 0 Å². The van der Waals surface area contributed by atoms with E-state index in [2.05, 4.69) is 44.3 Å². The fourth-order valence-electron chi connectivity index (χ4n) is 2.11. The summed E-state index contributed by atoms with van der Waals surface area (Å²) >= 11 is 2.00. The highest BCUT2D eigenvalue weighted by Crippen LogP contribution is 2.35. The maximum absolute atomic E-state index is 3.62. The quantitative estimate of drug-likeness (QED) is 0.770. The number of hydrogen-bond donors (Lipinski definition) is 1. The van der Waals surface area contributed by atoms with Crippen LogP contribution in [0.3, 0.4) is 0 Å². The van der Waals surface area contributed by atoms with Gasteiger partial charge < -0.3 is 5.32 Å². The Morgan fingerprint density at radius 3 is 2.65 bits per heavy atom. The molecule has 1 N–H and O–H groups in total. The first-order valence-electron chi connectivity index (χ1n) is 6.64. The summed E-state index contributed by atoms with van der Waals surface area (Å²) in [5.41, 5.74) is 2.79. The van der Waals surface area contributed by atoms with Crippen molar-refractivity contribution in [3.05, 3.63) is 29.3 Å². The molecule has 1 aromatic rings. The lowest BCUT2D eigenvalue weighted by molar-refractivity contribution is 0.519. The van der Waals surface area contributed by atoms with E-state index in [-0.39, 0.29) is 0 Å². The SMILES string of the molecule is CCNC(CSc1ccc(C)c(C)c1)C1CC1. The number of hydrogen-bond acceptors (Lipinski definition) is 2. The first kappa shape index (κ1) is 13.0. The lowest BCUT2D eigenvalue weighted by atomic mass is 10.1. The van der Waals surface area contributed by atoms with Gasteiger partial charge in [0, 0.05) is 16.7 Å². The zero-order chi connectivity index (χ0) is 12.3. The second-order valence-corrected chi connectivity index (χ2v) is 6.15. The summed E-state index contributed by atoms with van der Waals surface area (Å²) in [6.07, 6.45) is 2.84. The van der Waals surface area contributed by atoms with Crippen LogP contribution in [0, 0.1) is 19.8 Å². The normalized spacial score (nSPS) is 17.1. The number of thioether (sulfide) groups is 1. The molecule has 0 spiro atoms. The Hall–Kier alpha value is -0.470. The van der Waals surface area contributed by atoms with Gasteiger partial charge in [-0.1, -0.05) is 13.0 Å². The van der Waals surface area contributed by atoms with Gasteiger partial charge in [-0.3, -0.25) is 0 Å². The Kier molecular flexibility index (Phi) is 4.52. The summed E-state index contributed by atoms with van der Waals surface area (Å²) in [5.74, 6) is 2.15. The Bertz CT molecular complexity index is 371. The van der Waals surface area contributed by atoms with E-state index in [1.54, 1.807) is 0 Å². The van der Waals surface area contributed by atoms with Crippen molar-refractivity contribution in [2.45, 2.75) is 44.6 Å². The van der Waals surface area contributed by atoms with Gasteiger partial charge in [-0.25, -0.2) is 0 Å². The molecule has 0 saturated heterocycles. The second-order valence-electron chi connectivity index (χ2n) is 5.06. The molecule has 0 bridgehead atoms. The van der Waals surface area contributed by atoms with E-state index >= 15 is 0 Å². The average Bonchev–Trinajstić information content (AvgIpc) is 3.13. The number of nitrogens with one attached hydrogen (secondary N) is 1. The third kappa shape index (κ3) is 3.75.